The second-order valence-corrected chi connectivity index (χ2v) is 5.98. The SMILES string of the molecule is CCCc1cc(C)c2nc(-c3ccccc3Br)[nH]c2c1. The van der Waals surface area contributed by atoms with E-state index in [0.29, 0.717) is 0 Å². The van der Waals surface area contributed by atoms with E-state index in [0.717, 1.165) is 39.7 Å². The number of nitrogens with one attached hydrogen (secondary N) is 1. The van der Waals surface area contributed by atoms with Gasteiger partial charge in [-0.05, 0) is 36.6 Å². The number of fused-ring (bicyclic) bond motifs is 1. The van der Waals surface area contributed by atoms with Crippen LogP contribution >= 0.6 is 15.9 Å². The molecular weight excluding hydrogens is 312 g/mol. The van der Waals surface area contributed by atoms with Crippen molar-refractivity contribution in [3.05, 3.63) is 52.0 Å². The molecule has 0 radical (unpaired) electrons. The largest absolute Gasteiger partial charge is 0.338 e. The lowest BCUT2D eigenvalue weighted by molar-refractivity contribution is 0.922. The number of aryl methyl sites for hydroxylation is 2. The number of aromatic nitrogens is 2. The summed E-state index contributed by atoms with van der Waals surface area (Å²) in [6.07, 6.45) is 2.27. The van der Waals surface area contributed by atoms with Crippen molar-refractivity contribution in [3.63, 3.8) is 0 Å². The topological polar surface area (TPSA) is 28.7 Å². The van der Waals surface area contributed by atoms with Crippen LogP contribution in [0.4, 0.5) is 0 Å². The van der Waals surface area contributed by atoms with Crippen molar-refractivity contribution in [1.82, 2.24) is 9.97 Å². The normalized spacial score (nSPS) is 11.2. The third kappa shape index (κ3) is 2.38. The molecule has 0 atom stereocenters. The third-order valence-corrected chi connectivity index (χ3v) is 4.20. The molecule has 0 aliphatic carbocycles. The minimum absolute atomic E-state index is 0.921. The first-order valence-corrected chi connectivity index (χ1v) is 7.72. The Morgan fingerprint density at radius 1 is 1.20 bits per heavy atom. The van der Waals surface area contributed by atoms with E-state index in [-0.39, 0.29) is 0 Å². The molecule has 0 bridgehead atoms. The van der Waals surface area contributed by atoms with E-state index in [1.54, 1.807) is 0 Å². The van der Waals surface area contributed by atoms with Crippen molar-refractivity contribution in [2.45, 2.75) is 26.7 Å². The maximum absolute atomic E-state index is 4.76. The van der Waals surface area contributed by atoms with E-state index >= 15 is 0 Å². The summed E-state index contributed by atoms with van der Waals surface area (Å²) in [6, 6.07) is 12.6. The van der Waals surface area contributed by atoms with Crippen LogP contribution in [0.25, 0.3) is 22.4 Å². The van der Waals surface area contributed by atoms with Crippen molar-refractivity contribution in [2.75, 3.05) is 0 Å². The van der Waals surface area contributed by atoms with Crippen LogP contribution in [-0.2, 0) is 6.42 Å². The second kappa shape index (κ2) is 5.41. The summed E-state index contributed by atoms with van der Waals surface area (Å²) in [6.45, 7) is 4.34. The number of hydrogen-bond donors (Lipinski definition) is 1. The van der Waals surface area contributed by atoms with Crippen LogP contribution < -0.4 is 0 Å². The van der Waals surface area contributed by atoms with Gasteiger partial charge in [0.1, 0.15) is 5.82 Å². The highest BCUT2D eigenvalue weighted by Gasteiger charge is 2.10. The van der Waals surface area contributed by atoms with Gasteiger partial charge in [0.25, 0.3) is 0 Å². The molecule has 0 aliphatic heterocycles. The molecule has 3 aromatic rings. The predicted molar refractivity (Wildman–Crippen MR) is 88.0 cm³/mol. The number of aromatic amines is 1. The fraction of sp³-hybridized carbons (Fsp3) is 0.235. The first-order valence-electron chi connectivity index (χ1n) is 6.93. The van der Waals surface area contributed by atoms with Crippen LogP contribution in [0, 0.1) is 6.92 Å². The van der Waals surface area contributed by atoms with Gasteiger partial charge < -0.3 is 4.98 Å². The average molecular weight is 329 g/mol. The lowest BCUT2D eigenvalue weighted by Crippen LogP contribution is -1.86. The molecular formula is C17H17BrN2. The van der Waals surface area contributed by atoms with Gasteiger partial charge in [-0.2, -0.15) is 0 Å². The highest BCUT2D eigenvalue weighted by molar-refractivity contribution is 9.10. The van der Waals surface area contributed by atoms with Crippen molar-refractivity contribution in [3.8, 4) is 11.4 Å². The number of nitrogens with zero attached hydrogens (tertiary/aromatic N) is 1. The van der Waals surface area contributed by atoms with Gasteiger partial charge in [0.2, 0.25) is 0 Å². The van der Waals surface area contributed by atoms with Gasteiger partial charge in [-0.3, -0.25) is 0 Å². The van der Waals surface area contributed by atoms with Gasteiger partial charge in [-0.15, -0.1) is 0 Å². The van der Waals surface area contributed by atoms with Crippen LogP contribution in [0.5, 0.6) is 0 Å². The lowest BCUT2D eigenvalue weighted by Gasteiger charge is -2.01. The maximum atomic E-state index is 4.76. The van der Waals surface area contributed by atoms with Crippen molar-refractivity contribution >= 4 is 27.0 Å². The number of H-pyrrole nitrogens is 1. The molecule has 0 saturated heterocycles. The highest BCUT2D eigenvalue weighted by atomic mass is 79.9. The maximum Gasteiger partial charge on any atom is 0.139 e. The minimum atomic E-state index is 0.921. The molecule has 1 heterocycles. The Kier molecular flexibility index (Phi) is 3.62. The van der Waals surface area contributed by atoms with Crippen LogP contribution in [-0.4, -0.2) is 9.97 Å². The predicted octanol–water partition coefficient (Wildman–Crippen LogP) is 5.25. The summed E-state index contributed by atoms with van der Waals surface area (Å²) < 4.78 is 1.06. The Labute approximate surface area is 127 Å². The van der Waals surface area contributed by atoms with E-state index in [1.807, 2.05) is 18.2 Å². The number of imidazole rings is 1. The lowest BCUT2D eigenvalue weighted by atomic mass is 10.1. The Bertz CT molecular complexity index is 759. The Morgan fingerprint density at radius 3 is 2.75 bits per heavy atom. The molecule has 3 heteroatoms. The van der Waals surface area contributed by atoms with E-state index in [4.69, 9.17) is 4.98 Å². The van der Waals surface area contributed by atoms with Gasteiger partial charge in [0.05, 0.1) is 11.0 Å². The molecule has 2 nitrogen and oxygen atoms in total. The number of rotatable bonds is 3. The Hall–Kier alpha value is -1.61. The van der Waals surface area contributed by atoms with E-state index in [1.165, 1.54) is 11.1 Å². The number of hydrogen-bond acceptors (Lipinski definition) is 1. The van der Waals surface area contributed by atoms with Gasteiger partial charge in [0, 0.05) is 10.0 Å². The van der Waals surface area contributed by atoms with Gasteiger partial charge in [-0.1, -0.05) is 53.5 Å². The average Bonchev–Trinajstić information content (AvgIpc) is 2.84. The Balaban J connectivity index is 2.16. The standard InChI is InChI=1S/C17H17BrN2/c1-3-6-12-9-11(2)16-15(10-12)19-17(20-16)13-7-4-5-8-14(13)18/h4-5,7-10H,3,6H2,1-2H3,(H,19,20). The minimum Gasteiger partial charge on any atom is -0.338 e. The zero-order chi connectivity index (χ0) is 14.1. The number of benzene rings is 2. The zero-order valence-corrected chi connectivity index (χ0v) is 13.3. The van der Waals surface area contributed by atoms with Crippen molar-refractivity contribution < 1.29 is 0 Å². The first kappa shape index (κ1) is 13.4. The van der Waals surface area contributed by atoms with Crippen LogP contribution in [0.2, 0.25) is 0 Å². The summed E-state index contributed by atoms with van der Waals surface area (Å²) in [7, 11) is 0. The highest BCUT2D eigenvalue weighted by Crippen LogP contribution is 2.29. The van der Waals surface area contributed by atoms with E-state index in [2.05, 4.69) is 53.0 Å². The molecule has 0 unspecified atom stereocenters. The van der Waals surface area contributed by atoms with Crippen molar-refractivity contribution in [2.24, 2.45) is 0 Å². The quantitative estimate of drug-likeness (QED) is 0.698. The summed E-state index contributed by atoms with van der Waals surface area (Å²) in [5.41, 5.74) is 5.90. The Morgan fingerprint density at radius 2 is 2.00 bits per heavy atom. The molecule has 1 N–H and O–H groups in total. The summed E-state index contributed by atoms with van der Waals surface area (Å²) in [4.78, 5) is 8.21. The van der Waals surface area contributed by atoms with Crippen LogP contribution in [0.1, 0.15) is 24.5 Å². The molecule has 2 aromatic carbocycles. The van der Waals surface area contributed by atoms with E-state index < -0.39 is 0 Å². The van der Waals surface area contributed by atoms with Gasteiger partial charge in [-0.25, -0.2) is 4.98 Å². The van der Waals surface area contributed by atoms with Gasteiger partial charge >= 0.3 is 0 Å². The van der Waals surface area contributed by atoms with Crippen LogP contribution in [0.15, 0.2) is 40.9 Å². The fourth-order valence-corrected chi connectivity index (χ4v) is 3.05. The monoisotopic (exact) mass is 328 g/mol. The molecule has 0 aliphatic rings. The zero-order valence-electron chi connectivity index (χ0n) is 11.7. The molecule has 0 saturated carbocycles. The molecule has 0 spiro atoms. The molecule has 102 valence electrons. The molecule has 3 rings (SSSR count). The summed E-state index contributed by atoms with van der Waals surface area (Å²) in [5.74, 6) is 0.921. The molecule has 0 fully saturated rings. The molecule has 0 amide bonds. The molecule has 20 heavy (non-hydrogen) atoms. The summed E-state index contributed by atoms with van der Waals surface area (Å²) >= 11 is 3.59. The summed E-state index contributed by atoms with van der Waals surface area (Å²) in [5, 5.41) is 0. The third-order valence-electron chi connectivity index (χ3n) is 3.50. The van der Waals surface area contributed by atoms with E-state index in [9.17, 15) is 0 Å². The van der Waals surface area contributed by atoms with Crippen molar-refractivity contribution in [1.29, 1.82) is 0 Å². The molecule has 1 aromatic heterocycles. The fourth-order valence-electron chi connectivity index (χ4n) is 2.58. The number of halogens is 1. The first-order chi connectivity index (χ1) is 9.69. The van der Waals surface area contributed by atoms with Gasteiger partial charge in [0.15, 0.2) is 0 Å². The smallest absolute Gasteiger partial charge is 0.139 e. The second-order valence-electron chi connectivity index (χ2n) is 5.12. The van der Waals surface area contributed by atoms with Crippen LogP contribution in [0.3, 0.4) is 0 Å².